The molecule has 0 spiro atoms. The molecule has 0 aromatic heterocycles. The van der Waals surface area contributed by atoms with Crippen LogP contribution in [0.3, 0.4) is 0 Å². The van der Waals surface area contributed by atoms with E-state index in [2.05, 4.69) is 0 Å². The van der Waals surface area contributed by atoms with Crippen molar-refractivity contribution >= 4 is 11.6 Å². The van der Waals surface area contributed by atoms with Gasteiger partial charge in [-0.25, -0.2) is 0 Å². The third-order valence-corrected chi connectivity index (χ3v) is 3.45. The molecule has 3 rings (SSSR count). The van der Waals surface area contributed by atoms with Crippen LogP contribution in [0.4, 0.5) is 0 Å². The lowest BCUT2D eigenvalue weighted by Gasteiger charge is -2.08. The third kappa shape index (κ3) is 1.79. The quantitative estimate of drug-likeness (QED) is 0.835. The van der Waals surface area contributed by atoms with Crippen molar-refractivity contribution in [2.45, 2.75) is 12.5 Å². The minimum Gasteiger partial charge on any atom is -0.392 e. The molecule has 94 valence electrons. The van der Waals surface area contributed by atoms with Crippen LogP contribution in [-0.2, 0) is 6.61 Å². The average molecular weight is 252 g/mol. The van der Waals surface area contributed by atoms with Gasteiger partial charge in [0.2, 0.25) is 0 Å². The van der Waals surface area contributed by atoms with Crippen LogP contribution in [0, 0.1) is 0 Å². The maximum absolute atomic E-state index is 12.3. The van der Waals surface area contributed by atoms with Gasteiger partial charge in [-0.05, 0) is 11.1 Å². The van der Waals surface area contributed by atoms with E-state index in [-0.39, 0.29) is 18.2 Å². The molecule has 0 unspecified atom stereocenters. The minimum atomic E-state index is -0.760. The van der Waals surface area contributed by atoms with Crippen molar-refractivity contribution in [1.82, 2.24) is 0 Å². The molecule has 0 radical (unpaired) electrons. The summed E-state index contributed by atoms with van der Waals surface area (Å²) in [6.07, 6.45) is 0. The number of Topliss-reactive ketones (excluding diaryl/α,β-unsaturated/α-hetero) is 2. The summed E-state index contributed by atoms with van der Waals surface area (Å²) in [7, 11) is 0. The largest absolute Gasteiger partial charge is 0.392 e. The van der Waals surface area contributed by atoms with Crippen LogP contribution in [0.25, 0.3) is 0 Å². The Labute approximate surface area is 110 Å². The lowest BCUT2D eigenvalue weighted by Crippen LogP contribution is -2.13. The number of aliphatic hydroxyl groups excluding tert-OH is 1. The molecule has 3 nitrogen and oxygen atoms in total. The highest BCUT2D eigenvalue weighted by atomic mass is 16.3. The van der Waals surface area contributed by atoms with Crippen molar-refractivity contribution in [3.8, 4) is 0 Å². The number of aliphatic hydroxyl groups is 1. The standard InChI is InChI=1S/C16H12O3/c17-9-10-4-3-5-11(8-10)14-15(18)12-6-1-2-7-13(12)16(14)19/h1-8,14,17H,9H2. The van der Waals surface area contributed by atoms with Crippen molar-refractivity contribution in [2.75, 3.05) is 0 Å². The van der Waals surface area contributed by atoms with Crippen molar-refractivity contribution in [3.05, 3.63) is 70.8 Å². The highest BCUT2D eigenvalue weighted by Crippen LogP contribution is 2.34. The van der Waals surface area contributed by atoms with Gasteiger partial charge >= 0.3 is 0 Å². The topological polar surface area (TPSA) is 54.4 Å². The minimum absolute atomic E-state index is 0.101. The molecule has 2 aromatic carbocycles. The Hall–Kier alpha value is -2.26. The molecule has 0 saturated carbocycles. The Morgan fingerprint density at radius 3 is 2.11 bits per heavy atom. The Morgan fingerprint density at radius 2 is 1.53 bits per heavy atom. The van der Waals surface area contributed by atoms with E-state index in [0.717, 1.165) is 0 Å². The van der Waals surface area contributed by atoms with Crippen molar-refractivity contribution in [1.29, 1.82) is 0 Å². The lowest BCUT2D eigenvalue weighted by atomic mass is 9.93. The monoisotopic (exact) mass is 252 g/mol. The van der Waals surface area contributed by atoms with Gasteiger partial charge in [0, 0.05) is 11.1 Å². The Kier molecular flexibility index (Phi) is 2.76. The lowest BCUT2D eigenvalue weighted by molar-refractivity contribution is 0.0890. The van der Waals surface area contributed by atoms with Crippen LogP contribution in [0.1, 0.15) is 37.8 Å². The number of benzene rings is 2. The van der Waals surface area contributed by atoms with E-state index in [9.17, 15) is 9.59 Å². The second kappa shape index (κ2) is 4.44. The Morgan fingerprint density at radius 1 is 0.895 bits per heavy atom. The molecular formula is C16H12O3. The fraction of sp³-hybridized carbons (Fsp3) is 0.125. The van der Waals surface area contributed by atoms with Crippen LogP contribution < -0.4 is 0 Å². The number of ketones is 2. The van der Waals surface area contributed by atoms with Gasteiger partial charge in [0.05, 0.1) is 6.61 Å². The van der Waals surface area contributed by atoms with E-state index in [1.165, 1.54) is 0 Å². The number of fused-ring (bicyclic) bond motifs is 1. The summed E-state index contributed by atoms with van der Waals surface area (Å²) in [6, 6.07) is 13.9. The number of hydrogen-bond donors (Lipinski definition) is 1. The first-order valence-electron chi connectivity index (χ1n) is 6.09. The smallest absolute Gasteiger partial charge is 0.178 e. The van der Waals surface area contributed by atoms with Gasteiger partial charge in [-0.3, -0.25) is 9.59 Å². The summed E-state index contributed by atoms with van der Waals surface area (Å²) >= 11 is 0. The second-order valence-electron chi connectivity index (χ2n) is 4.61. The van der Waals surface area contributed by atoms with E-state index in [4.69, 9.17) is 5.11 Å². The number of carbonyl (C=O) groups is 2. The number of hydrogen-bond acceptors (Lipinski definition) is 3. The summed E-state index contributed by atoms with van der Waals surface area (Å²) in [6.45, 7) is -0.101. The molecule has 1 aliphatic rings. The van der Waals surface area contributed by atoms with Crippen LogP contribution in [0.15, 0.2) is 48.5 Å². The van der Waals surface area contributed by atoms with Crippen LogP contribution >= 0.6 is 0 Å². The molecule has 0 heterocycles. The summed E-state index contributed by atoms with van der Waals surface area (Å²) in [5, 5.41) is 9.14. The van der Waals surface area contributed by atoms with Crippen LogP contribution in [0.2, 0.25) is 0 Å². The molecule has 0 saturated heterocycles. The fourth-order valence-electron chi connectivity index (χ4n) is 2.52. The molecule has 1 aliphatic carbocycles. The van der Waals surface area contributed by atoms with Gasteiger partial charge in [-0.2, -0.15) is 0 Å². The van der Waals surface area contributed by atoms with Crippen LogP contribution in [0.5, 0.6) is 0 Å². The van der Waals surface area contributed by atoms with Gasteiger partial charge in [-0.15, -0.1) is 0 Å². The average Bonchev–Trinajstić information content (AvgIpc) is 2.72. The van der Waals surface area contributed by atoms with Crippen LogP contribution in [-0.4, -0.2) is 16.7 Å². The van der Waals surface area contributed by atoms with Gasteiger partial charge in [0.25, 0.3) is 0 Å². The van der Waals surface area contributed by atoms with E-state index in [1.807, 2.05) is 0 Å². The van der Waals surface area contributed by atoms with E-state index < -0.39 is 5.92 Å². The highest BCUT2D eigenvalue weighted by molar-refractivity contribution is 6.29. The summed E-state index contributed by atoms with van der Waals surface area (Å²) in [5.74, 6) is -1.07. The molecule has 0 aliphatic heterocycles. The summed E-state index contributed by atoms with van der Waals surface area (Å²) in [4.78, 5) is 24.6. The van der Waals surface area contributed by atoms with E-state index >= 15 is 0 Å². The molecule has 0 fully saturated rings. The number of carbonyl (C=O) groups excluding carboxylic acids is 2. The van der Waals surface area contributed by atoms with Crippen molar-refractivity contribution in [2.24, 2.45) is 0 Å². The number of rotatable bonds is 2. The van der Waals surface area contributed by atoms with Gasteiger partial charge < -0.3 is 5.11 Å². The van der Waals surface area contributed by atoms with E-state index in [0.29, 0.717) is 22.3 Å². The first-order valence-corrected chi connectivity index (χ1v) is 6.09. The SMILES string of the molecule is O=C1c2ccccc2C(=O)C1c1cccc(CO)c1. The second-order valence-corrected chi connectivity index (χ2v) is 4.61. The van der Waals surface area contributed by atoms with Gasteiger partial charge in [0.15, 0.2) is 11.6 Å². The zero-order chi connectivity index (χ0) is 13.4. The molecule has 3 heteroatoms. The first-order chi connectivity index (χ1) is 9.22. The highest BCUT2D eigenvalue weighted by Gasteiger charge is 2.39. The van der Waals surface area contributed by atoms with Crippen molar-refractivity contribution < 1.29 is 14.7 Å². The first kappa shape index (κ1) is 11.8. The maximum atomic E-state index is 12.3. The molecule has 0 bridgehead atoms. The molecule has 0 amide bonds. The predicted octanol–water partition coefficient (Wildman–Crippen LogP) is 2.34. The molecule has 19 heavy (non-hydrogen) atoms. The third-order valence-electron chi connectivity index (χ3n) is 3.45. The Bertz CT molecular complexity index is 638. The Balaban J connectivity index is 2.08. The van der Waals surface area contributed by atoms with Gasteiger partial charge in [0.1, 0.15) is 5.92 Å². The zero-order valence-electron chi connectivity index (χ0n) is 10.2. The fourth-order valence-corrected chi connectivity index (χ4v) is 2.52. The molecule has 1 N–H and O–H groups in total. The van der Waals surface area contributed by atoms with Gasteiger partial charge in [-0.1, -0.05) is 48.5 Å². The normalized spacial score (nSPS) is 14.8. The molecular weight excluding hydrogens is 240 g/mol. The predicted molar refractivity (Wildman–Crippen MR) is 70.2 cm³/mol. The molecule has 2 aromatic rings. The van der Waals surface area contributed by atoms with E-state index in [1.54, 1.807) is 48.5 Å². The molecule has 0 atom stereocenters. The maximum Gasteiger partial charge on any atom is 0.178 e. The summed E-state index contributed by atoms with van der Waals surface area (Å²) in [5.41, 5.74) is 2.34. The summed E-state index contributed by atoms with van der Waals surface area (Å²) < 4.78 is 0. The van der Waals surface area contributed by atoms with Crippen molar-refractivity contribution in [3.63, 3.8) is 0 Å². The zero-order valence-corrected chi connectivity index (χ0v) is 10.2.